The first-order valence-electron chi connectivity index (χ1n) is 3.62. The van der Waals surface area contributed by atoms with Crippen LogP contribution >= 0.6 is 0 Å². The molecule has 11 heavy (non-hydrogen) atoms. The monoisotopic (exact) mass is 147 g/mol. The minimum Gasteiger partial charge on any atom is -0.485 e. The summed E-state index contributed by atoms with van der Waals surface area (Å²) in [4.78, 5) is 0. The smallest absolute Gasteiger partial charge is 0.157 e. The molecule has 1 radical (unpaired) electrons. The van der Waals surface area contributed by atoms with Gasteiger partial charge in [-0.2, -0.15) is 0 Å². The molecule has 0 fully saturated rings. The van der Waals surface area contributed by atoms with Gasteiger partial charge in [-0.15, -0.1) is 0 Å². The van der Waals surface area contributed by atoms with E-state index in [-0.39, 0.29) is 0 Å². The molecule has 0 spiro atoms. The van der Waals surface area contributed by atoms with Gasteiger partial charge < -0.3 is 4.74 Å². The molecule has 0 aliphatic carbocycles. The minimum atomic E-state index is 0.602. The lowest BCUT2D eigenvalue weighted by Gasteiger charge is -1.97. The van der Waals surface area contributed by atoms with Crippen molar-refractivity contribution in [1.29, 1.82) is 0 Å². The van der Waals surface area contributed by atoms with Gasteiger partial charge in [0.25, 0.3) is 0 Å². The van der Waals surface area contributed by atoms with Gasteiger partial charge in [-0.1, -0.05) is 30.3 Å². The highest BCUT2D eigenvalue weighted by Crippen LogP contribution is 1.99. The van der Waals surface area contributed by atoms with Gasteiger partial charge in [0.15, 0.2) is 6.26 Å². The number of rotatable bonds is 3. The third-order valence-corrected chi connectivity index (χ3v) is 1.28. The molecule has 1 rings (SSSR count). The summed E-state index contributed by atoms with van der Waals surface area (Å²) in [5.41, 5.74) is 1.17. The van der Waals surface area contributed by atoms with Crippen molar-refractivity contribution in [3.63, 3.8) is 0 Å². The van der Waals surface area contributed by atoms with E-state index in [0.29, 0.717) is 6.61 Å². The Morgan fingerprint density at radius 1 is 1.36 bits per heavy atom. The van der Waals surface area contributed by atoms with Crippen LogP contribution < -0.4 is 0 Å². The van der Waals surface area contributed by atoms with Gasteiger partial charge in [0, 0.05) is 0 Å². The highest BCUT2D eigenvalue weighted by molar-refractivity contribution is 5.13. The quantitative estimate of drug-likeness (QED) is 0.597. The Kier molecular flexibility index (Phi) is 3.26. The second-order valence-electron chi connectivity index (χ2n) is 2.18. The predicted molar refractivity (Wildman–Crippen MR) is 44.7 cm³/mol. The second-order valence-corrected chi connectivity index (χ2v) is 2.18. The van der Waals surface area contributed by atoms with Crippen LogP contribution in [0, 0.1) is 6.26 Å². The first-order chi connectivity index (χ1) is 5.43. The third kappa shape index (κ3) is 2.89. The maximum Gasteiger partial charge on any atom is 0.157 e. The Morgan fingerprint density at radius 3 is 2.73 bits per heavy atom. The maximum atomic E-state index is 5.06. The Morgan fingerprint density at radius 2 is 2.09 bits per heavy atom. The molecule has 0 N–H and O–H groups in total. The van der Waals surface area contributed by atoms with Gasteiger partial charge in [-0.05, 0) is 18.6 Å². The van der Waals surface area contributed by atoms with E-state index in [2.05, 4.69) is 6.26 Å². The zero-order chi connectivity index (χ0) is 7.94. The van der Waals surface area contributed by atoms with E-state index in [4.69, 9.17) is 4.74 Å². The van der Waals surface area contributed by atoms with Gasteiger partial charge in [-0.25, -0.2) is 0 Å². The lowest BCUT2D eigenvalue weighted by atomic mass is 10.2. The standard InChI is InChI=1S/C10H11O/c1-2-8-11-9-10-6-4-3-5-7-10/h2-7H,9H2,1H3. The number of hydrogen-bond acceptors (Lipinski definition) is 1. The molecule has 0 bridgehead atoms. The summed E-state index contributed by atoms with van der Waals surface area (Å²) >= 11 is 0. The molecule has 1 heteroatoms. The fraction of sp³-hybridized carbons (Fsp3) is 0.200. The van der Waals surface area contributed by atoms with Crippen LogP contribution in [0.3, 0.4) is 0 Å². The van der Waals surface area contributed by atoms with Crippen LogP contribution in [-0.4, -0.2) is 0 Å². The number of ether oxygens (including phenoxy) is 1. The molecule has 0 saturated carbocycles. The molecule has 1 aromatic carbocycles. The van der Waals surface area contributed by atoms with Crippen LogP contribution in [0.2, 0.25) is 0 Å². The van der Waals surface area contributed by atoms with Crippen molar-refractivity contribution in [3.05, 3.63) is 48.2 Å². The number of hydrogen-bond donors (Lipinski definition) is 0. The first-order valence-corrected chi connectivity index (χ1v) is 3.62. The minimum absolute atomic E-state index is 0.602. The third-order valence-electron chi connectivity index (χ3n) is 1.28. The molecular formula is C10H11O. The van der Waals surface area contributed by atoms with Gasteiger partial charge in [0.2, 0.25) is 0 Å². The van der Waals surface area contributed by atoms with E-state index in [0.717, 1.165) is 0 Å². The second kappa shape index (κ2) is 4.56. The van der Waals surface area contributed by atoms with E-state index in [1.54, 1.807) is 6.08 Å². The summed E-state index contributed by atoms with van der Waals surface area (Å²) in [7, 11) is 0. The van der Waals surface area contributed by atoms with E-state index >= 15 is 0 Å². The van der Waals surface area contributed by atoms with Crippen molar-refractivity contribution < 1.29 is 4.74 Å². The van der Waals surface area contributed by atoms with Crippen molar-refractivity contribution in [1.82, 2.24) is 0 Å². The molecule has 0 unspecified atom stereocenters. The summed E-state index contributed by atoms with van der Waals surface area (Å²) < 4.78 is 5.06. The topological polar surface area (TPSA) is 9.23 Å². The Labute approximate surface area is 67.3 Å². The van der Waals surface area contributed by atoms with Crippen molar-refractivity contribution in [3.8, 4) is 0 Å². The van der Waals surface area contributed by atoms with Crippen LogP contribution in [0.5, 0.6) is 0 Å². The van der Waals surface area contributed by atoms with Crippen molar-refractivity contribution in [2.75, 3.05) is 0 Å². The van der Waals surface area contributed by atoms with Crippen LogP contribution in [-0.2, 0) is 11.3 Å². The molecule has 1 nitrogen and oxygen atoms in total. The highest BCUT2D eigenvalue weighted by Gasteiger charge is 1.86. The molecule has 0 aliphatic heterocycles. The first kappa shape index (κ1) is 7.86. The number of allylic oxidation sites excluding steroid dienone is 1. The van der Waals surface area contributed by atoms with E-state index in [1.165, 1.54) is 5.56 Å². The molecule has 0 aliphatic rings. The Hall–Kier alpha value is -1.24. The average molecular weight is 147 g/mol. The predicted octanol–water partition coefficient (Wildman–Crippen LogP) is 2.54. The Bertz CT molecular complexity index is 214. The summed E-state index contributed by atoms with van der Waals surface area (Å²) in [6.45, 7) is 2.48. The van der Waals surface area contributed by atoms with Crippen LogP contribution in [0.4, 0.5) is 0 Å². The molecule has 0 heterocycles. The van der Waals surface area contributed by atoms with Crippen molar-refractivity contribution >= 4 is 0 Å². The Balaban J connectivity index is 2.39. The van der Waals surface area contributed by atoms with Crippen molar-refractivity contribution in [2.45, 2.75) is 13.5 Å². The zero-order valence-corrected chi connectivity index (χ0v) is 6.58. The molecule has 0 saturated heterocycles. The molecule has 1 aromatic rings. The van der Waals surface area contributed by atoms with E-state index in [9.17, 15) is 0 Å². The molecule has 57 valence electrons. The fourth-order valence-electron chi connectivity index (χ4n) is 0.783. The van der Waals surface area contributed by atoms with Gasteiger partial charge in [0.05, 0.1) is 0 Å². The maximum absolute atomic E-state index is 5.06. The van der Waals surface area contributed by atoms with Crippen LogP contribution in [0.1, 0.15) is 12.5 Å². The van der Waals surface area contributed by atoms with E-state index in [1.807, 2.05) is 37.3 Å². The molecule has 0 aromatic heterocycles. The average Bonchev–Trinajstić information content (AvgIpc) is 2.07. The SMILES string of the molecule is C/C=[C]\OCc1ccccc1. The summed E-state index contributed by atoms with van der Waals surface area (Å²) in [6.07, 6.45) is 4.42. The summed E-state index contributed by atoms with van der Waals surface area (Å²) in [5.74, 6) is 0. The fourth-order valence-corrected chi connectivity index (χ4v) is 0.783. The molecule has 0 amide bonds. The zero-order valence-electron chi connectivity index (χ0n) is 6.58. The van der Waals surface area contributed by atoms with Crippen molar-refractivity contribution in [2.24, 2.45) is 0 Å². The lowest BCUT2D eigenvalue weighted by molar-refractivity contribution is 0.215. The normalized spacial score (nSPS) is 10.3. The number of benzene rings is 1. The lowest BCUT2D eigenvalue weighted by Crippen LogP contribution is -1.84. The largest absolute Gasteiger partial charge is 0.485 e. The van der Waals surface area contributed by atoms with Crippen LogP contribution in [0.25, 0.3) is 0 Å². The molecular weight excluding hydrogens is 136 g/mol. The van der Waals surface area contributed by atoms with Crippen LogP contribution in [0.15, 0.2) is 36.4 Å². The molecule has 0 atom stereocenters. The highest BCUT2D eigenvalue weighted by atomic mass is 16.5. The van der Waals surface area contributed by atoms with Gasteiger partial charge in [-0.3, -0.25) is 0 Å². The van der Waals surface area contributed by atoms with E-state index < -0.39 is 0 Å². The van der Waals surface area contributed by atoms with Gasteiger partial charge in [0.1, 0.15) is 6.61 Å². The van der Waals surface area contributed by atoms with Gasteiger partial charge >= 0.3 is 0 Å². The summed E-state index contributed by atoms with van der Waals surface area (Å²) in [6, 6.07) is 10.0. The summed E-state index contributed by atoms with van der Waals surface area (Å²) in [5, 5.41) is 0.